The van der Waals surface area contributed by atoms with E-state index < -0.39 is 0 Å². The van der Waals surface area contributed by atoms with Crippen LogP contribution in [0.3, 0.4) is 0 Å². The quantitative estimate of drug-likeness (QED) is 0.874. The van der Waals surface area contributed by atoms with Crippen LogP contribution in [0.2, 0.25) is 0 Å². The van der Waals surface area contributed by atoms with Gasteiger partial charge in [-0.2, -0.15) is 0 Å². The summed E-state index contributed by atoms with van der Waals surface area (Å²) in [6, 6.07) is 3.57. The third-order valence-electron chi connectivity index (χ3n) is 2.17. The lowest BCUT2D eigenvalue weighted by Gasteiger charge is -2.04. The molecule has 7 heteroatoms. The summed E-state index contributed by atoms with van der Waals surface area (Å²) in [5, 5.41) is 2.82. The van der Waals surface area contributed by atoms with Crippen LogP contribution in [0.1, 0.15) is 21.9 Å². The summed E-state index contributed by atoms with van der Waals surface area (Å²) in [5.74, 6) is 0.571. The number of halogens is 2. The van der Waals surface area contributed by atoms with Crippen molar-refractivity contribution in [2.45, 2.75) is 13.5 Å². The maximum Gasteiger partial charge on any atom is 0.253 e. The average molecular weight is 391 g/mol. The summed E-state index contributed by atoms with van der Waals surface area (Å²) in [5.41, 5.74) is 1.42. The maximum absolute atomic E-state index is 11.9. The first-order chi connectivity index (χ1) is 8.56. The van der Waals surface area contributed by atoms with Crippen LogP contribution in [-0.4, -0.2) is 15.9 Å². The van der Waals surface area contributed by atoms with E-state index in [2.05, 4.69) is 47.1 Å². The fraction of sp³-hybridized carbons (Fsp3) is 0.182. The van der Waals surface area contributed by atoms with Crippen LogP contribution in [0, 0.1) is 6.92 Å². The first-order valence-electron chi connectivity index (χ1n) is 5.08. The average Bonchev–Trinajstić information content (AvgIpc) is 2.66. The fourth-order valence-electron chi connectivity index (χ4n) is 1.36. The van der Waals surface area contributed by atoms with Gasteiger partial charge >= 0.3 is 0 Å². The Kier molecular flexibility index (Phi) is 4.47. The predicted octanol–water partition coefficient (Wildman–Crippen LogP) is 3.30. The van der Waals surface area contributed by atoms with Gasteiger partial charge in [0.25, 0.3) is 5.91 Å². The number of nitrogens with zero attached hydrogens (tertiary/aromatic N) is 2. The van der Waals surface area contributed by atoms with Crippen molar-refractivity contribution in [3.63, 3.8) is 0 Å². The number of amides is 1. The largest absolute Gasteiger partial charge is 0.346 e. The molecule has 94 valence electrons. The molecule has 0 bridgehead atoms. The van der Waals surface area contributed by atoms with Crippen molar-refractivity contribution in [1.82, 2.24) is 15.3 Å². The van der Waals surface area contributed by atoms with Crippen molar-refractivity contribution in [2.24, 2.45) is 0 Å². The highest BCUT2D eigenvalue weighted by Crippen LogP contribution is 2.31. The minimum Gasteiger partial charge on any atom is -0.346 e. The van der Waals surface area contributed by atoms with Crippen molar-refractivity contribution in [1.29, 1.82) is 0 Å². The van der Waals surface area contributed by atoms with Gasteiger partial charge < -0.3 is 5.32 Å². The van der Waals surface area contributed by atoms with E-state index in [4.69, 9.17) is 0 Å². The van der Waals surface area contributed by atoms with Gasteiger partial charge in [-0.05, 0) is 50.9 Å². The van der Waals surface area contributed by atoms with E-state index in [1.165, 1.54) is 11.3 Å². The highest BCUT2D eigenvalue weighted by atomic mass is 79.9. The number of aryl methyl sites for hydroxylation is 1. The summed E-state index contributed by atoms with van der Waals surface area (Å²) in [4.78, 5) is 20.2. The molecular weight excluding hydrogens is 382 g/mol. The Morgan fingerprint density at radius 1 is 1.50 bits per heavy atom. The Balaban J connectivity index is 2.03. The van der Waals surface area contributed by atoms with E-state index in [-0.39, 0.29) is 5.91 Å². The molecular formula is C11H9Br2N3OS. The Labute approximate surface area is 125 Å². The van der Waals surface area contributed by atoms with Gasteiger partial charge in [0.2, 0.25) is 0 Å². The third kappa shape index (κ3) is 3.37. The molecule has 1 N–H and O–H groups in total. The van der Waals surface area contributed by atoms with E-state index in [1.807, 2.05) is 6.92 Å². The fourth-order valence-corrected chi connectivity index (χ4v) is 4.16. The summed E-state index contributed by atoms with van der Waals surface area (Å²) >= 11 is 8.17. The minimum atomic E-state index is -0.125. The molecule has 2 aromatic heterocycles. The maximum atomic E-state index is 11.9. The third-order valence-corrected chi connectivity index (χ3v) is 4.50. The van der Waals surface area contributed by atoms with Gasteiger partial charge in [0.1, 0.15) is 5.82 Å². The summed E-state index contributed by atoms with van der Waals surface area (Å²) in [7, 11) is 0. The highest BCUT2D eigenvalue weighted by molar-refractivity contribution is 9.12. The molecule has 0 aliphatic carbocycles. The molecule has 0 aliphatic rings. The Hall–Kier alpha value is -0.790. The first kappa shape index (κ1) is 13.6. The van der Waals surface area contributed by atoms with Crippen LogP contribution in [0.5, 0.6) is 0 Å². The Morgan fingerprint density at radius 3 is 2.89 bits per heavy atom. The van der Waals surface area contributed by atoms with Gasteiger partial charge in [-0.1, -0.05) is 0 Å². The molecule has 0 radical (unpaired) electrons. The molecule has 0 aromatic carbocycles. The van der Waals surface area contributed by atoms with Gasteiger partial charge in [0, 0.05) is 6.20 Å². The van der Waals surface area contributed by atoms with Crippen molar-refractivity contribution < 1.29 is 4.79 Å². The molecule has 2 heterocycles. The molecule has 0 spiro atoms. The van der Waals surface area contributed by atoms with Crippen molar-refractivity contribution in [2.75, 3.05) is 0 Å². The molecule has 0 saturated heterocycles. The molecule has 0 saturated carbocycles. The second kappa shape index (κ2) is 5.90. The van der Waals surface area contributed by atoms with Crippen LogP contribution < -0.4 is 5.32 Å². The zero-order valence-corrected chi connectivity index (χ0v) is 13.4. The second-order valence-electron chi connectivity index (χ2n) is 3.52. The first-order valence-corrected chi connectivity index (χ1v) is 7.48. The molecule has 2 aromatic rings. The zero-order chi connectivity index (χ0) is 13.1. The Bertz CT molecular complexity index is 585. The second-order valence-corrected chi connectivity index (χ2v) is 7.27. The van der Waals surface area contributed by atoms with Crippen LogP contribution in [0.15, 0.2) is 25.9 Å². The van der Waals surface area contributed by atoms with Crippen LogP contribution >= 0.6 is 43.2 Å². The lowest BCUT2D eigenvalue weighted by Crippen LogP contribution is -2.23. The molecule has 0 unspecified atom stereocenters. The minimum absolute atomic E-state index is 0.125. The number of carbonyl (C=O) groups is 1. The number of nitrogens with one attached hydrogen (secondary N) is 1. The molecule has 18 heavy (non-hydrogen) atoms. The molecule has 4 nitrogen and oxygen atoms in total. The topological polar surface area (TPSA) is 54.9 Å². The number of hydrogen-bond acceptors (Lipinski definition) is 4. The lowest BCUT2D eigenvalue weighted by molar-refractivity contribution is 0.0950. The predicted molar refractivity (Wildman–Crippen MR) is 77.7 cm³/mol. The molecule has 2 rings (SSSR count). The number of thiophene rings is 1. The normalized spacial score (nSPS) is 10.4. The highest BCUT2D eigenvalue weighted by Gasteiger charge is 2.13. The van der Waals surface area contributed by atoms with E-state index in [9.17, 15) is 4.79 Å². The van der Waals surface area contributed by atoms with Crippen LogP contribution in [0.4, 0.5) is 0 Å². The van der Waals surface area contributed by atoms with Gasteiger partial charge in [0.05, 0.1) is 25.4 Å². The molecule has 1 amide bonds. The van der Waals surface area contributed by atoms with Gasteiger partial charge in [-0.3, -0.25) is 4.79 Å². The summed E-state index contributed by atoms with van der Waals surface area (Å²) in [6.07, 6.45) is 1.68. The van der Waals surface area contributed by atoms with Crippen molar-refractivity contribution >= 4 is 49.1 Å². The van der Waals surface area contributed by atoms with Crippen molar-refractivity contribution in [3.8, 4) is 0 Å². The molecule has 0 aliphatic heterocycles. The Morgan fingerprint density at radius 2 is 2.28 bits per heavy atom. The summed E-state index contributed by atoms with van der Waals surface area (Å²) < 4.78 is 1.73. The SMILES string of the molecule is Cc1nccc(CNC(=O)c2cc(Br)sc2Br)n1. The van der Waals surface area contributed by atoms with Gasteiger partial charge in [0.15, 0.2) is 0 Å². The lowest BCUT2D eigenvalue weighted by atomic mass is 10.3. The number of carbonyl (C=O) groups excluding carboxylic acids is 1. The number of hydrogen-bond donors (Lipinski definition) is 1. The molecule has 0 fully saturated rings. The van der Waals surface area contributed by atoms with Crippen molar-refractivity contribution in [3.05, 3.63) is 43.0 Å². The smallest absolute Gasteiger partial charge is 0.253 e. The van der Waals surface area contributed by atoms with Crippen LogP contribution in [0.25, 0.3) is 0 Å². The van der Waals surface area contributed by atoms with E-state index in [0.717, 1.165) is 13.3 Å². The van der Waals surface area contributed by atoms with E-state index in [1.54, 1.807) is 18.3 Å². The standard InChI is InChI=1S/C11H9Br2N3OS/c1-6-14-3-2-7(16-6)5-15-11(17)8-4-9(12)18-10(8)13/h2-4H,5H2,1H3,(H,15,17). The monoisotopic (exact) mass is 389 g/mol. The summed E-state index contributed by atoms with van der Waals surface area (Å²) in [6.45, 7) is 2.21. The molecule has 0 atom stereocenters. The van der Waals surface area contributed by atoms with Crippen LogP contribution in [-0.2, 0) is 6.54 Å². The zero-order valence-electron chi connectivity index (χ0n) is 9.41. The number of rotatable bonds is 3. The van der Waals surface area contributed by atoms with E-state index >= 15 is 0 Å². The number of aromatic nitrogens is 2. The van der Waals surface area contributed by atoms with E-state index in [0.29, 0.717) is 17.9 Å². The van der Waals surface area contributed by atoms with Gasteiger partial charge in [-0.15, -0.1) is 11.3 Å². The van der Waals surface area contributed by atoms with Gasteiger partial charge in [-0.25, -0.2) is 9.97 Å².